The van der Waals surface area contributed by atoms with E-state index < -0.39 is 5.97 Å². The van der Waals surface area contributed by atoms with Gasteiger partial charge >= 0.3 is 5.97 Å². The number of aromatic carboxylic acids is 1. The minimum Gasteiger partial charge on any atom is -0.493 e. The van der Waals surface area contributed by atoms with Crippen molar-refractivity contribution >= 4 is 5.97 Å². The molecule has 0 heterocycles. The zero-order chi connectivity index (χ0) is 28.3. The summed E-state index contributed by atoms with van der Waals surface area (Å²) < 4.78 is 32.0. The van der Waals surface area contributed by atoms with Gasteiger partial charge in [-0.3, -0.25) is 0 Å². The summed E-state index contributed by atoms with van der Waals surface area (Å²) in [5, 5.41) is 9.53. The number of halogens is 1. The van der Waals surface area contributed by atoms with Crippen LogP contribution in [0.25, 0.3) is 11.1 Å². The second kappa shape index (κ2) is 14.2. The van der Waals surface area contributed by atoms with Crippen molar-refractivity contribution < 1.29 is 28.5 Å². The van der Waals surface area contributed by atoms with Gasteiger partial charge in [-0.15, -0.1) is 0 Å². The average molecular weight is 543 g/mol. The first kappa shape index (κ1) is 28.7. The Morgan fingerprint density at radius 2 is 1.52 bits per heavy atom. The quantitative estimate of drug-likeness (QED) is 0.163. The summed E-state index contributed by atoms with van der Waals surface area (Å²) in [5.74, 6) is 0.768. The number of aryl methyl sites for hydroxylation is 1. The van der Waals surface area contributed by atoms with E-state index in [2.05, 4.69) is 6.92 Å². The van der Waals surface area contributed by atoms with Gasteiger partial charge in [-0.1, -0.05) is 68.8 Å². The summed E-state index contributed by atoms with van der Waals surface area (Å²) in [4.78, 5) is 11.6. The summed E-state index contributed by atoms with van der Waals surface area (Å²) in [6.07, 6.45) is 2.83. The molecule has 0 aliphatic heterocycles. The van der Waals surface area contributed by atoms with E-state index in [-0.39, 0.29) is 11.4 Å². The van der Waals surface area contributed by atoms with Gasteiger partial charge in [-0.25, -0.2) is 9.18 Å². The first-order valence-corrected chi connectivity index (χ1v) is 13.7. The normalized spacial score (nSPS) is 10.8. The molecule has 0 aliphatic carbocycles. The first-order chi connectivity index (χ1) is 19.5. The van der Waals surface area contributed by atoms with Crippen molar-refractivity contribution in [2.45, 2.75) is 46.1 Å². The van der Waals surface area contributed by atoms with Gasteiger partial charge in [0.1, 0.15) is 29.7 Å². The Morgan fingerprint density at radius 3 is 2.20 bits per heavy atom. The molecule has 0 saturated heterocycles. The Kier molecular flexibility index (Phi) is 10.2. The Labute approximate surface area is 235 Å². The standard InChI is InChI=1S/C34H35FO5/c1-3-10-28-29(34(36)37)13-8-14-31(28)38-19-9-20-39-32-22-33(40-23-24-11-6-5-7-12-24)30(21-25(32)4-2)26-15-17-27(35)18-16-26/h5-8,11-18,21-22H,3-4,9-10,19-20,23H2,1-2H3,(H,36,37). The van der Waals surface area contributed by atoms with Crippen LogP contribution in [0.5, 0.6) is 17.2 Å². The highest BCUT2D eigenvalue weighted by molar-refractivity contribution is 5.90. The summed E-state index contributed by atoms with van der Waals surface area (Å²) >= 11 is 0. The van der Waals surface area contributed by atoms with E-state index in [0.29, 0.717) is 44.2 Å². The molecule has 40 heavy (non-hydrogen) atoms. The van der Waals surface area contributed by atoms with Gasteiger partial charge in [0.2, 0.25) is 0 Å². The molecular formula is C34H35FO5. The van der Waals surface area contributed by atoms with Gasteiger partial charge in [-0.05, 0) is 59.9 Å². The predicted octanol–water partition coefficient (Wildman–Crippen LogP) is 8.13. The monoisotopic (exact) mass is 542 g/mol. The van der Waals surface area contributed by atoms with Crippen molar-refractivity contribution in [3.05, 3.63) is 113 Å². The molecule has 0 radical (unpaired) electrons. The van der Waals surface area contributed by atoms with E-state index in [9.17, 15) is 14.3 Å². The van der Waals surface area contributed by atoms with Gasteiger partial charge in [0.15, 0.2) is 0 Å². The highest BCUT2D eigenvalue weighted by Gasteiger charge is 2.16. The maximum atomic E-state index is 13.6. The third-order valence-electron chi connectivity index (χ3n) is 6.60. The van der Waals surface area contributed by atoms with Crippen LogP contribution in [0.2, 0.25) is 0 Å². The van der Waals surface area contributed by atoms with Crippen molar-refractivity contribution in [1.29, 1.82) is 0 Å². The van der Waals surface area contributed by atoms with Gasteiger partial charge in [0, 0.05) is 23.6 Å². The molecule has 0 aromatic heterocycles. The average Bonchev–Trinajstić information content (AvgIpc) is 2.97. The fourth-order valence-corrected chi connectivity index (χ4v) is 4.56. The smallest absolute Gasteiger partial charge is 0.336 e. The molecule has 208 valence electrons. The molecule has 0 saturated carbocycles. The minimum absolute atomic E-state index is 0.285. The molecule has 6 heteroatoms. The number of hydrogen-bond acceptors (Lipinski definition) is 4. The lowest BCUT2D eigenvalue weighted by atomic mass is 10.00. The summed E-state index contributed by atoms with van der Waals surface area (Å²) in [6.45, 7) is 5.29. The van der Waals surface area contributed by atoms with Gasteiger partial charge in [0.05, 0.1) is 18.8 Å². The lowest BCUT2D eigenvalue weighted by molar-refractivity contribution is 0.0695. The van der Waals surface area contributed by atoms with Gasteiger partial charge in [-0.2, -0.15) is 0 Å². The number of benzene rings is 4. The van der Waals surface area contributed by atoms with Crippen LogP contribution >= 0.6 is 0 Å². The fraction of sp³-hybridized carbons (Fsp3) is 0.265. The van der Waals surface area contributed by atoms with E-state index in [4.69, 9.17) is 14.2 Å². The lowest BCUT2D eigenvalue weighted by Crippen LogP contribution is -2.09. The molecule has 1 N–H and O–H groups in total. The van der Waals surface area contributed by atoms with Crippen LogP contribution in [0.3, 0.4) is 0 Å². The third-order valence-corrected chi connectivity index (χ3v) is 6.60. The Bertz CT molecular complexity index is 1400. The van der Waals surface area contributed by atoms with Crippen molar-refractivity contribution in [2.75, 3.05) is 13.2 Å². The number of carbonyl (C=O) groups is 1. The molecule has 5 nitrogen and oxygen atoms in total. The first-order valence-electron chi connectivity index (χ1n) is 13.7. The van der Waals surface area contributed by atoms with E-state index in [1.165, 1.54) is 12.1 Å². The maximum Gasteiger partial charge on any atom is 0.336 e. The number of carboxylic acid groups (broad SMARTS) is 1. The second-order valence-electron chi connectivity index (χ2n) is 9.48. The van der Waals surface area contributed by atoms with Crippen LogP contribution in [0.15, 0.2) is 84.9 Å². The molecule has 0 spiro atoms. The Morgan fingerprint density at radius 1 is 0.800 bits per heavy atom. The van der Waals surface area contributed by atoms with E-state index in [0.717, 1.165) is 46.4 Å². The Hall–Kier alpha value is -4.32. The van der Waals surface area contributed by atoms with Crippen molar-refractivity contribution in [3.63, 3.8) is 0 Å². The van der Waals surface area contributed by atoms with Crippen molar-refractivity contribution in [2.24, 2.45) is 0 Å². The van der Waals surface area contributed by atoms with E-state index >= 15 is 0 Å². The molecule has 0 bridgehead atoms. The molecule has 4 rings (SSSR count). The molecule has 0 unspecified atom stereocenters. The summed E-state index contributed by atoms with van der Waals surface area (Å²) in [7, 11) is 0. The molecule has 4 aromatic carbocycles. The lowest BCUT2D eigenvalue weighted by Gasteiger charge is -2.18. The molecule has 0 atom stereocenters. The second-order valence-corrected chi connectivity index (χ2v) is 9.48. The molecular weight excluding hydrogens is 507 g/mol. The Balaban J connectivity index is 1.47. The van der Waals surface area contributed by atoms with Crippen LogP contribution < -0.4 is 14.2 Å². The summed E-state index contributed by atoms with van der Waals surface area (Å²) in [5.41, 5.74) is 4.82. The SMILES string of the molecule is CCCc1c(OCCCOc2cc(OCc3ccccc3)c(-c3ccc(F)cc3)cc2CC)cccc1C(=O)O. The van der Waals surface area contributed by atoms with Crippen LogP contribution in [-0.4, -0.2) is 24.3 Å². The van der Waals surface area contributed by atoms with Gasteiger partial charge < -0.3 is 19.3 Å². The van der Waals surface area contributed by atoms with Crippen molar-refractivity contribution in [3.8, 4) is 28.4 Å². The molecule has 0 fully saturated rings. The summed E-state index contributed by atoms with van der Waals surface area (Å²) in [6, 6.07) is 25.4. The topological polar surface area (TPSA) is 65.0 Å². The minimum atomic E-state index is -0.946. The third kappa shape index (κ3) is 7.41. The predicted molar refractivity (Wildman–Crippen MR) is 155 cm³/mol. The van der Waals surface area contributed by atoms with E-state index in [1.54, 1.807) is 24.3 Å². The van der Waals surface area contributed by atoms with Crippen LogP contribution in [0.1, 0.15) is 53.7 Å². The van der Waals surface area contributed by atoms with Crippen LogP contribution in [0, 0.1) is 5.82 Å². The highest BCUT2D eigenvalue weighted by Crippen LogP contribution is 2.37. The largest absolute Gasteiger partial charge is 0.493 e. The molecule has 0 amide bonds. The number of carboxylic acids is 1. The van der Waals surface area contributed by atoms with Crippen molar-refractivity contribution in [1.82, 2.24) is 0 Å². The number of ether oxygens (including phenoxy) is 3. The number of hydrogen-bond donors (Lipinski definition) is 1. The van der Waals surface area contributed by atoms with E-state index in [1.807, 2.05) is 55.5 Å². The van der Waals surface area contributed by atoms with Crippen LogP contribution in [-0.2, 0) is 19.4 Å². The zero-order valence-corrected chi connectivity index (χ0v) is 23.0. The molecule has 0 aliphatic rings. The zero-order valence-electron chi connectivity index (χ0n) is 23.0. The molecule has 4 aromatic rings. The van der Waals surface area contributed by atoms with Crippen LogP contribution in [0.4, 0.5) is 4.39 Å². The number of rotatable bonds is 14. The van der Waals surface area contributed by atoms with Gasteiger partial charge in [0.25, 0.3) is 0 Å². The fourth-order valence-electron chi connectivity index (χ4n) is 4.56. The maximum absolute atomic E-state index is 13.6. The highest BCUT2D eigenvalue weighted by atomic mass is 19.1.